The van der Waals surface area contributed by atoms with Crippen LogP contribution in [0.1, 0.15) is 26.2 Å². The van der Waals surface area contributed by atoms with Gasteiger partial charge < -0.3 is 5.32 Å². The number of benzene rings is 1. The minimum absolute atomic E-state index is 0.0448. The van der Waals surface area contributed by atoms with E-state index in [1.165, 1.54) is 18.2 Å². The van der Waals surface area contributed by atoms with Gasteiger partial charge in [0, 0.05) is 19.2 Å². The highest BCUT2D eigenvalue weighted by atomic mass is 32.2. The van der Waals surface area contributed by atoms with E-state index in [1.807, 2.05) is 0 Å². The van der Waals surface area contributed by atoms with E-state index >= 15 is 0 Å². The molecule has 0 bridgehead atoms. The Morgan fingerprint density at radius 1 is 1.38 bits per heavy atom. The molecule has 0 amide bonds. The highest BCUT2D eigenvalue weighted by molar-refractivity contribution is 7.89. The monoisotopic (exact) mass is 313 g/mol. The molecule has 0 atom stereocenters. The lowest BCUT2D eigenvalue weighted by molar-refractivity contribution is -0.384. The third-order valence-corrected chi connectivity index (χ3v) is 5.05. The van der Waals surface area contributed by atoms with Crippen LogP contribution in [0.4, 0.5) is 11.4 Å². The zero-order chi connectivity index (χ0) is 15.5. The van der Waals surface area contributed by atoms with Crippen molar-refractivity contribution in [2.24, 2.45) is 5.92 Å². The van der Waals surface area contributed by atoms with Gasteiger partial charge in [0.15, 0.2) is 0 Å². The maximum Gasteiger partial charge on any atom is 0.292 e. The van der Waals surface area contributed by atoms with Crippen LogP contribution in [0.2, 0.25) is 0 Å². The zero-order valence-corrected chi connectivity index (χ0v) is 12.6. The molecule has 0 radical (unpaired) electrons. The molecular weight excluding hydrogens is 294 g/mol. The van der Waals surface area contributed by atoms with E-state index in [0.29, 0.717) is 19.0 Å². The van der Waals surface area contributed by atoms with E-state index in [-0.39, 0.29) is 16.3 Å². The number of nitrogens with one attached hydrogen (secondary N) is 2. The van der Waals surface area contributed by atoms with Crippen LogP contribution in [0, 0.1) is 16.0 Å². The first-order chi connectivity index (χ1) is 9.94. The molecular formula is C13H19N3O4S. The molecule has 1 fully saturated rings. The molecule has 1 aliphatic rings. The number of rotatable bonds is 7. The van der Waals surface area contributed by atoms with Crippen molar-refractivity contribution >= 4 is 21.4 Å². The summed E-state index contributed by atoms with van der Waals surface area (Å²) < 4.78 is 27.0. The standard InChI is InChI=1S/C13H19N3O4S/c1-2-14-12-8-11(6-7-13(12)16(17)18)21(19,20)15-9-10-4-3-5-10/h6-8,10,14-15H,2-5,9H2,1H3. The Balaban J connectivity index is 2.21. The van der Waals surface area contributed by atoms with Gasteiger partial charge in [-0.15, -0.1) is 0 Å². The molecule has 0 aromatic heterocycles. The van der Waals surface area contributed by atoms with Crippen LogP contribution in [0.25, 0.3) is 0 Å². The zero-order valence-electron chi connectivity index (χ0n) is 11.8. The second-order valence-electron chi connectivity index (χ2n) is 5.12. The quantitative estimate of drug-likeness (QED) is 0.593. The second kappa shape index (κ2) is 6.40. The van der Waals surface area contributed by atoms with E-state index < -0.39 is 14.9 Å². The van der Waals surface area contributed by atoms with Gasteiger partial charge in [0.25, 0.3) is 5.69 Å². The molecule has 1 saturated carbocycles. The van der Waals surface area contributed by atoms with E-state index in [4.69, 9.17) is 0 Å². The minimum Gasteiger partial charge on any atom is -0.380 e. The molecule has 8 heteroatoms. The maximum atomic E-state index is 12.2. The number of anilines is 1. The summed E-state index contributed by atoms with van der Waals surface area (Å²) in [7, 11) is -3.63. The Hall–Kier alpha value is -1.67. The first kappa shape index (κ1) is 15.7. The molecule has 1 aliphatic carbocycles. The molecule has 0 aliphatic heterocycles. The number of hydrogen-bond donors (Lipinski definition) is 2. The van der Waals surface area contributed by atoms with Crippen LogP contribution in [-0.4, -0.2) is 26.4 Å². The summed E-state index contributed by atoms with van der Waals surface area (Å²) in [5, 5.41) is 13.7. The molecule has 1 aromatic rings. The van der Waals surface area contributed by atoms with Crippen LogP contribution >= 0.6 is 0 Å². The van der Waals surface area contributed by atoms with Crippen molar-refractivity contribution < 1.29 is 13.3 Å². The van der Waals surface area contributed by atoms with Crippen molar-refractivity contribution in [1.29, 1.82) is 0 Å². The third kappa shape index (κ3) is 3.70. The molecule has 0 heterocycles. The van der Waals surface area contributed by atoms with Crippen molar-refractivity contribution in [2.75, 3.05) is 18.4 Å². The fraction of sp³-hybridized carbons (Fsp3) is 0.538. The lowest BCUT2D eigenvalue weighted by Gasteiger charge is -2.25. The smallest absolute Gasteiger partial charge is 0.292 e. The third-order valence-electron chi connectivity index (χ3n) is 3.63. The number of nitro benzene ring substituents is 1. The van der Waals surface area contributed by atoms with Crippen molar-refractivity contribution in [1.82, 2.24) is 4.72 Å². The average Bonchev–Trinajstić information content (AvgIpc) is 2.36. The molecule has 7 nitrogen and oxygen atoms in total. The molecule has 2 rings (SSSR count). The van der Waals surface area contributed by atoms with Gasteiger partial charge in [0.1, 0.15) is 5.69 Å². The van der Waals surface area contributed by atoms with Gasteiger partial charge in [-0.2, -0.15) is 0 Å². The van der Waals surface area contributed by atoms with Crippen LogP contribution in [0.5, 0.6) is 0 Å². The van der Waals surface area contributed by atoms with Gasteiger partial charge in [-0.05, 0) is 37.8 Å². The first-order valence-electron chi connectivity index (χ1n) is 6.96. The van der Waals surface area contributed by atoms with Crippen LogP contribution in [0.3, 0.4) is 0 Å². The SMILES string of the molecule is CCNc1cc(S(=O)(=O)NCC2CCC2)ccc1[N+](=O)[O-]. The molecule has 1 aromatic carbocycles. The number of sulfonamides is 1. The number of nitrogens with zero attached hydrogens (tertiary/aromatic N) is 1. The lowest BCUT2D eigenvalue weighted by atomic mass is 9.86. The summed E-state index contributed by atoms with van der Waals surface area (Å²) in [6.07, 6.45) is 3.24. The summed E-state index contributed by atoms with van der Waals surface area (Å²) >= 11 is 0. The predicted molar refractivity (Wildman–Crippen MR) is 79.8 cm³/mol. The Morgan fingerprint density at radius 2 is 2.10 bits per heavy atom. The average molecular weight is 313 g/mol. The largest absolute Gasteiger partial charge is 0.380 e. The first-order valence-corrected chi connectivity index (χ1v) is 8.44. The molecule has 0 spiro atoms. The van der Waals surface area contributed by atoms with Gasteiger partial charge in [0.05, 0.1) is 9.82 Å². The van der Waals surface area contributed by atoms with Gasteiger partial charge in [-0.3, -0.25) is 10.1 Å². The fourth-order valence-electron chi connectivity index (χ4n) is 2.18. The van der Waals surface area contributed by atoms with E-state index in [1.54, 1.807) is 6.92 Å². The van der Waals surface area contributed by atoms with E-state index in [9.17, 15) is 18.5 Å². The van der Waals surface area contributed by atoms with Crippen molar-refractivity contribution in [3.63, 3.8) is 0 Å². The highest BCUT2D eigenvalue weighted by Gasteiger charge is 2.23. The summed E-state index contributed by atoms with van der Waals surface area (Å²) in [6, 6.07) is 3.79. The predicted octanol–water partition coefficient (Wildman–Crippen LogP) is 2.10. The van der Waals surface area contributed by atoms with Crippen molar-refractivity contribution in [3.05, 3.63) is 28.3 Å². The minimum atomic E-state index is -3.63. The molecule has 0 unspecified atom stereocenters. The Bertz CT molecular complexity index is 626. The van der Waals surface area contributed by atoms with Gasteiger partial charge >= 0.3 is 0 Å². The Morgan fingerprint density at radius 3 is 2.62 bits per heavy atom. The fourth-order valence-corrected chi connectivity index (χ4v) is 3.32. The number of hydrogen-bond acceptors (Lipinski definition) is 5. The normalized spacial score (nSPS) is 15.5. The Labute approximate surface area is 123 Å². The summed E-state index contributed by atoms with van der Waals surface area (Å²) in [4.78, 5) is 10.4. The van der Waals surface area contributed by atoms with Crippen LogP contribution in [0.15, 0.2) is 23.1 Å². The number of nitro groups is 1. The molecule has 116 valence electrons. The Kier molecular flexibility index (Phi) is 4.79. The van der Waals surface area contributed by atoms with Crippen LogP contribution in [-0.2, 0) is 10.0 Å². The summed E-state index contributed by atoms with van der Waals surface area (Å²) in [5.74, 6) is 0.408. The van der Waals surface area contributed by atoms with E-state index in [2.05, 4.69) is 10.0 Å². The topological polar surface area (TPSA) is 101 Å². The molecule has 0 saturated heterocycles. The lowest BCUT2D eigenvalue weighted by Crippen LogP contribution is -2.32. The van der Waals surface area contributed by atoms with Gasteiger partial charge in [-0.25, -0.2) is 13.1 Å². The highest BCUT2D eigenvalue weighted by Crippen LogP contribution is 2.28. The molecule has 21 heavy (non-hydrogen) atoms. The maximum absolute atomic E-state index is 12.2. The van der Waals surface area contributed by atoms with Crippen LogP contribution < -0.4 is 10.0 Å². The second-order valence-corrected chi connectivity index (χ2v) is 6.88. The van der Waals surface area contributed by atoms with Gasteiger partial charge in [-0.1, -0.05) is 6.42 Å². The van der Waals surface area contributed by atoms with Crippen molar-refractivity contribution in [2.45, 2.75) is 31.1 Å². The van der Waals surface area contributed by atoms with Gasteiger partial charge in [0.2, 0.25) is 10.0 Å². The molecule has 2 N–H and O–H groups in total. The summed E-state index contributed by atoms with van der Waals surface area (Å²) in [6.45, 7) is 2.69. The van der Waals surface area contributed by atoms with Crippen molar-refractivity contribution in [3.8, 4) is 0 Å². The van der Waals surface area contributed by atoms with E-state index in [0.717, 1.165) is 19.3 Å². The summed E-state index contributed by atoms with van der Waals surface area (Å²) in [5.41, 5.74) is 0.0869.